The van der Waals surface area contributed by atoms with E-state index < -0.39 is 0 Å². The number of carbonyl (C=O) groups excluding carboxylic acids is 2. The van der Waals surface area contributed by atoms with Crippen molar-refractivity contribution in [3.63, 3.8) is 0 Å². The number of nitrogens with zero attached hydrogens (tertiary/aromatic N) is 1. The largest absolute Gasteiger partial charge is 0.497 e. The molecule has 3 heterocycles. The number of aromatic amines is 1. The van der Waals surface area contributed by atoms with Crippen LogP contribution in [0.4, 0.5) is 0 Å². The molecule has 7 nitrogen and oxygen atoms in total. The van der Waals surface area contributed by atoms with E-state index in [0.717, 1.165) is 64.7 Å². The second kappa shape index (κ2) is 8.60. The fourth-order valence-corrected chi connectivity index (χ4v) is 4.58. The van der Waals surface area contributed by atoms with Crippen molar-refractivity contribution >= 4 is 44.8 Å². The minimum atomic E-state index is -0.374. The van der Waals surface area contributed by atoms with Gasteiger partial charge in [-0.2, -0.15) is 0 Å². The summed E-state index contributed by atoms with van der Waals surface area (Å²) >= 11 is 0. The zero-order chi connectivity index (χ0) is 22.9. The molecule has 3 N–H and O–H groups in total. The van der Waals surface area contributed by atoms with Gasteiger partial charge in [0.25, 0.3) is 11.8 Å². The lowest BCUT2D eigenvalue weighted by atomic mass is 9.95. The summed E-state index contributed by atoms with van der Waals surface area (Å²) in [5.74, 6) is 0.00183. The van der Waals surface area contributed by atoms with Gasteiger partial charge in [0.05, 0.1) is 23.8 Å². The van der Waals surface area contributed by atoms with Crippen molar-refractivity contribution in [1.82, 2.24) is 20.2 Å². The van der Waals surface area contributed by atoms with E-state index in [1.165, 1.54) is 0 Å². The fraction of sp³-hybridized carbons (Fsp3) is 0.231. The number of ether oxygens (including phenoxy) is 1. The van der Waals surface area contributed by atoms with Gasteiger partial charge in [0, 0.05) is 52.4 Å². The maximum Gasteiger partial charge on any atom is 0.259 e. The number of imide groups is 1. The Kier molecular flexibility index (Phi) is 5.48. The Labute approximate surface area is 191 Å². The van der Waals surface area contributed by atoms with Crippen LogP contribution in [0.1, 0.15) is 24.5 Å². The topological polar surface area (TPSA) is 88.2 Å². The molecule has 2 aromatic heterocycles. The molecule has 0 radical (unpaired) electrons. The number of carbonyl (C=O) groups is 2. The quantitative estimate of drug-likeness (QED) is 0.287. The minimum absolute atomic E-state index is 0.372. The van der Waals surface area contributed by atoms with Crippen molar-refractivity contribution in [3.05, 3.63) is 66.0 Å². The summed E-state index contributed by atoms with van der Waals surface area (Å²) in [6, 6.07) is 13.6. The highest BCUT2D eigenvalue weighted by atomic mass is 16.5. The number of H-pyrrole nitrogens is 1. The van der Waals surface area contributed by atoms with Crippen LogP contribution in [0.3, 0.4) is 0 Å². The first-order valence-electron chi connectivity index (χ1n) is 11.2. The Hall–Kier alpha value is -3.84. The first-order valence-corrected chi connectivity index (χ1v) is 11.2. The van der Waals surface area contributed by atoms with Crippen molar-refractivity contribution in [1.29, 1.82) is 0 Å². The molecule has 2 amide bonds. The van der Waals surface area contributed by atoms with E-state index in [0.29, 0.717) is 11.1 Å². The van der Waals surface area contributed by atoms with E-state index in [2.05, 4.69) is 27.1 Å². The predicted octanol–water partition coefficient (Wildman–Crippen LogP) is 3.70. The molecule has 1 aliphatic rings. The molecule has 0 saturated heterocycles. The molecule has 0 unspecified atom stereocenters. The number of aryl methyl sites for hydroxylation is 1. The lowest BCUT2D eigenvalue weighted by molar-refractivity contribution is -0.122. The van der Waals surface area contributed by atoms with Gasteiger partial charge in [-0.25, -0.2) is 0 Å². The Morgan fingerprint density at radius 3 is 2.58 bits per heavy atom. The number of fused-ring (bicyclic) bond motifs is 2. The number of para-hydroxylation sites is 1. The zero-order valence-corrected chi connectivity index (χ0v) is 18.7. The molecule has 33 heavy (non-hydrogen) atoms. The summed E-state index contributed by atoms with van der Waals surface area (Å²) in [6.07, 6.45) is 4.73. The van der Waals surface area contributed by atoms with Crippen LogP contribution in [0.15, 0.2) is 54.9 Å². The third-order valence-corrected chi connectivity index (χ3v) is 6.15. The number of aromatic nitrogens is 2. The molecule has 0 aliphatic carbocycles. The third kappa shape index (κ3) is 3.60. The zero-order valence-electron chi connectivity index (χ0n) is 18.7. The number of nitrogens with one attached hydrogen (secondary N) is 3. The maximum atomic E-state index is 13.1. The number of methoxy groups -OCH3 is 1. The molecule has 168 valence electrons. The van der Waals surface area contributed by atoms with Gasteiger partial charge in [0.2, 0.25) is 0 Å². The maximum absolute atomic E-state index is 13.1. The highest BCUT2D eigenvalue weighted by Crippen LogP contribution is 2.39. The minimum Gasteiger partial charge on any atom is -0.497 e. The van der Waals surface area contributed by atoms with E-state index in [-0.39, 0.29) is 11.8 Å². The van der Waals surface area contributed by atoms with Gasteiger partial charge in [-0.15, -0.1) is 0 Å². The van der Waals surface area contributed by atoms with Crippen molar-refractivity contribution < 1.29 is 14.3 Å². The Balaban J connectivity index is 1.70. The van der Waals surface area contributed by atoms with Gasteiger partial charge in [-0.3, -0.25) is 14.9 Å². The number of hydrogen-bond acceptors (Lipinski definition) is 4. The summed E-state index contributed by atoms with van der Waals surface area (Å²) in [5, 5.41) is 7.68. The van der Waals surface area contributed by atoms with Crippen molar-refractivity contribution in [2.24, 2.45) is 0 Å². The van der Waals surface area contributed by atoms with E-state index >= 15 is 0 Å². The number of benzene rings is 2. The van der Waals surface area contributed by atoms with Crippen LogP contribution in [-0.2, 0) is 16.1 Å². The smallest absolute Gasteiger partial charge is 0.259 e. The number of amides is 2. The highest BCUT2D eigenvalue weighted by Gasteiger charge is 2.35. The molecule has 0 atom stereocenters. The fourth-order valence-electron chi connectivity index (χ4n) is 4.58. The van der Waals surface area contributed by atoms with Crippen LogP contribution in [0.2, 0.25) is 0 Å². The molecular weight excluding hydrogens is 416 g/mol. The molecule has 5 rings (SSSR count). The van der Waals surface area contributed by atoms with Crippen LogP contribution in [-0.4, -0.2) is 41.6 Å². The second-order valence-corrected chi connectivity index (χ2v) is 8.11. The van der Waals surface area contributed by atoms with Crippen molar-refractivity contribution in [2.75, 3.05) is 20.2 Å². The van der Waals surface area contributed by atoms with E-state index in [1.807, 2.05) is 48.7 Å². The van der Waals surface area contributed by atoms with E-state index in [4.69, 9.17) is 4.74 Å². The van der Waals surface area contributed by atoms with Gasteiger partial charge in [0.1, 0.15) is 5.75 Å². The van der Waals surface area contributed by atoms with Gasteiger partial charge >= 0.3 is 0 Å². The van der Waals surface area contributed by atoms with Crippen LogP contribution in [0.5, 0.6) is 5.75 Å². The monoisotopic (exact) mass is 442 g/mol. The Bertz CT molecular complexity index is 1410. The molecule has 0 fully saturated rings. The van der Waals surface area contributed by atoms with E-state index in [9.17, 15) is 9.59 Å². The van der Waals surface area contributed by atoms with Crippen LogP contribution >= 0.6 is 0 Å². The van der Waals surface area contributed by atoms with Gasteiger partial charge in [-0.05, 0) is 37.7 Å². The van der Waals surface area contributed by atoms with Gasteiger partial charge < -0.3 is 19.6 Å². The van der Waals surface area contributed by atoms with Crippen LogP contribution < -0.4 is 15.4 Å². The average Bonchev–Trinajstić information content (AvgIpc) is 3.49. The lowest BCUT2D eigenvalue weighted by Crippen LogP contribution is -2.22. The Morgan fingerprint density at radius 2 is 1.79 bits per heavy atom. The molecule has 7 heteroatoms. The molecule has 0 bridgehead atoms. The van der Waals surface area contributed by atoms with E-state index in [1.54, 1.807) is 13.3 Å². The highest BCUT2D eigenvalue weighted by molar-refractivity contribution is 6.50. The predicted molar refractivity (Wildman–Crippen MR) is 130 cm³/mol. The lowest BCUT2D eigenvalue weighted by Gasteiger charge is -2.07. The normalized spacial score (nSPS) is 14.0. The summed E-state index contributed by atoms with van der Waals surface area (Å²) in [7, 11) is 1.64. The van der Waals surface area contributed by atoms with Gasteiger partial charge in [-0.1, -0.05) is 25.1 Å². The first kappa shape index (κ1) is 21.0. The summed E-state index contributed by atoms with van der Waals surface area (Å²) < 4.78 is 7.59. The summed E-state index contributed by atoms with van der Waals surface area (Å²) in [4.78, 5) is 29.2. The SMILES string of the molecule is CCNCCCn1cc(C2=C(c3c[nH]c4ccccc34)C(=O)NC2=O)c2ccc(OC)cc21. The van der Waals surface area contributed by atoms with Crippen LogP contribution in [0.25, 0.3) is 33.0 Å². The molecule has 1 aliphatic heterocycles. The van der Waals surface area contributed by atoms with Crippen LogP contribution in [0, 0.1) is 0 Å². The standard InChI is InChI=1S/C26H26N4O3/c1-3-27-11-6-12-30-15-20(18-10-9-16(33-2)13-22(18)30)24-23(25(31)29-26(24)32)19-14-28-21-8-5-4-7-17(19)21/h4-5,7-10,13-15,27-28H,3,6,11-12H2,1-2H3,(H,29,31,32). The molecule has 4 aromatic rings. The molecule has 2 aromatic carbocycles. The molecule has 0 spiro atoms. The van der Waals surface area contributed by atoms with Crippen molar-refractivity contribution in [2.45, 2.75) is 19.9 Å². The van der Waals surface area contributed by atoms with Gasteiger partial charge in [0.15, 0.2) is 0 Å². The summed E-state index contributed by atoms with van der Waals surface area (Å²) in [5.41, 5.74) is 4.18. The number of rotatable bonds is 8. The third-order valence-electron chi connectivity index (χ3n) is 6.15. The molecule has 0 saturated carbocycles. The average molecular weight is 443 g/mol. The molecular formula is C26H26N4O3. The summed E-state index contributed by atoms with van der Waals surface area (Å²) in [6.45, 7) is 4.69. The Morgan fingerprint density at radius 1 is 1.00 bits per heavy atom. The van der Waals surface area contributed by atoms with Crippen molar-refractivity contribution in [3.8, 4) is 5.75 Å². The number of hydrogen-bond donors (Lipinski definition) is 3. The first-order chi connectivity index (χ1) is 16.1. The second-order valence-electron chi connectivity index (χ2n) is 8.11.